The highest BCUT2D eigenvalue weighted by Crippen LogP contribution is 2.15. The number of hydrogen-bond donors (Lipinski definition) is 2. The third-order valence-electron chi connectivity index (χ3n) is 4.27. The van der Waals surface area contributed by atoms with Crippen LogP contribution in [0.5, 0.6) is 0 Å². The van der Waals surface area contributed by atoms with Crippen LogP contribution >= 0.6 is 0 Å². The number of alkyl carbamates (subject to hydrolysis) is 1. The molecule has 0 fully saturated rings. The van der Waals surface area contributed by atoms with Gasteiger partial charge in [-0.15, -0.1) is 5.11 Å². The summed E-state index contributed by atoms with van der Waals surface area (Å²) in [4.78, 5) is 47.0. The number of nitrogens with zero attached hydrogens (tertiary/aromatic N) is 3. The fourth-order valence-electron chi connectivity index (χ4n) is 2.53. The summed E-state index contributed by atoms with van der Waals surface area (Å²) in [6.07, 6.45) is 0.496. The number of esters is 1. The fraction of sp³-hybridized carbons (Fsp3) is 0.217. The number of benzene rings is 2. The molecule has 0 heterocycles. The first kappa shape index (κ1) is 25.7. The van der Waals surface area contributed by atoms with Gasteiger partial charge in [0.25, 0.3) is 0 Å². The number of nitrogens with one attached hydrogen (secondary N) is 1. The Balaban J connectivity index is 1.89. The molecule has 2 N–H and O–H groups in total. The number of carbonyl (C=O) groups excluding carboxylic acids is 3. The van der Waals surface area contributed by atoms with Gasteiger partial charge in [-0.25, -0.2) is 19.4 Å². The van der Waals surface area contributed by atoms with E-state index in [1.165, 1.54) is 13.1 Å². The number of ether oxygens (including phenoxy) is 2. The Bertz CT molecular complexity index is 1040. The van der Waals surface area contributed by atoms with Crippen molar-refractivity contribution >= 4 is 29.6 Å². The van der Waals surface area contributed by atoms with Crippen molar-refractivity contribution in [2.24, 2.45) is 10.3 Å². The first-order valence-corrected chi connectivity index (χ1v) is 10.1. The minimum Gasteiger partial charge on any atom is -0.480 e. The Kier molecular flexibility index (Phi) is 9.92. The number of hydrogen-bond acceptors (Lipinski definition) is 8. The lowest BCUT2D eigenvalue weighted by Gasteiger charge is -2.14. The van der Waals surface area contributed by atoms with Crippen molar-refractivity contribution < 1.29 is 33.8 Å². The van der Waals surface area contributed by atoms with Crippen LogP contribution in [0.3, 0.4) is 0 Å². The quantitative estimate of drug-likeness (QED) is 0.179. The highest BCUT2D eigenvalue weighted by molar-refractivity contribution is 6.32. The van der Waals surface area contributed by atoms with Gasteiger partial charge in [0.2, 0.25) is 0 Å². The number of carbonyl (C=O) groups is 4. The van der Waals surface area contributed by atoms with E-state index in [2.05, 4.69) is 22.2 Å². The summed E-state index contributed by atoms with van der Waals surface area (Å²) in [5.41, 5.74) is 1.69. The van der Waals surface area contributed by atoms with E-state index < -0.39 is 30.0 Å². The van der Waals surface area contributed by atoms with Crippen molar-refractivity contribution in [3.8, 4) is 0 Å². The summed E-state index contributed by atoms with van der Waals surface area (Å²) >= 11 is 0. The van der Waals surface area contributed by atoms with E-state index in [0.717, 1.165) is 10.6 Å². The highest BCUT2D eigenvalue weighted by Gasteiger charge is 2.22. The molecule has 0 bridgehead atoms. The molecule has 0 saturated carbocycles. The van der Waals surface area contributed by atoms with Crippen molar-refractivity contribution in [2.75, 3.05) is 13.7 Å². The summed E-state index contributed by atoms with van der Waals surface area (Å²) in [5.74, 6) is -3.28. The predicted octanol–water partition coefficient (Wildman–Crippen LogP) is 2.80. The first-order chi connectivity index (χ1) is 16.3. The van der Waals surface area contributed by atoms with Crippen LogP contribution in [0.4, 0.5) is 10.5 Å². The monoisotopic (exact) mass is 468 g/mol. The molecule has 2 aromatic carbocycles. The van der Waals surface area contributed by atoms with Crippen LogP contribution in [0.1, 0.15) is 11.1 Å². The van der Waals surface area contributed by atoms with E-state index in [1.54, 1.807) is 48.5 Å². The minimum absolute atomic E-state index is 0.00158. The lowest BCUT2D eigenvalue weighted by Crippen LogP contribution is -2.42. The first-order valence-electron chi connectivity index (χ1n) is 10.1. The van der Waals surface area contributed by atoms with Crippen LogP contribution in [0.25, 0.3) is 0 Å². The normalized spacial score (nSPS) is 11.3. The maximum Gasteiger partial charge on any atom is 0.408 e. The minimum atomic E-state index is -1.22. The Morgan fingerprint density at radius 1 is 1.06 bits per heavy atom. The summed E-state index contributed by atoms with van der Waals surface area (Å²) in [7, 11) is 1.26. The summed E-state index contributed by atoms with van der Waals surface area (Å²) in [5, 5.41) is 19.9. The molecule has 2 aromatic rings. The Morgan fingerprint density at radius 3 is 2.35 bits per heavy atom. The van der Waals surface area contributed by atoms with Gasteiger partial charge < -0.3 is 19.9 Å². The van der Waals surface area contributed by atoms with Crippen molar-refractivity contribution in [1.82, 2.24) is 10.3 Å². The molecule has 0 aliphatic rings. The smallest absolute Gasteiger partial charge is 0.408 e. The molecule has 11 heteroatoms. The molecular formula is C23H24N4O7. The summed E-state index contributed by atoms with van der Waals surface area (Å²) in [6, 6.07) is 14.0. The highest BCUT2D eigenvalue weighted by atomic mass is 16.5. The SMILES string of the molecule is C=CCOC(=O)N[C@@H](Cc1ccc(/N=N/N(C)C(=O)C(=O)OCc2ccccc2)cc1)C(=O)O. The molecule has 2 rings (SSSR count). The summed E-state index contributed by atoms with van der Waals surface area (Å²) < 4.78 is 9.69. The van der Waals surface area contributed by atoms with Gasteiger partial charge in [-0.3, -0.25) is 4.79 Å². The molecule has 178 valence electrons. The van der Waals surface area contributed by atoms with Gasteiger partial charge >= 0.3 is 23.9 Å². The summed E-state index contributed by atoms with van der Waals surface area (Å²) in [6.45, 7) is 3.32. The predicted molar refractivity (Wildman–Crippen MR) is 120 cm³/mol. The molecule has 0 aromatic heterocycles. The molecule has 0 saturated heterocycles. The Morgan fingerprint density at radius 2 is 1.74 bits per heavy atom. The van der Waals surface area contributed by atoms with Gasteiger partial charge in [0, 0.05) is 13.5 Å². The number of likely N-dealkylation sites (N-methyl/N-ethyl adjacent to an activating group) is 1. The van der Waals surface area contributed by atoms with Crippen LogP contribution < -0.4 is 5.32 Å². The molecule has 1 atom stereocenters. The maximum atomic E-state index is 12.1. The Labute approximate surface area is 195 Å². The number of carboxylic acids is 1. The molecule has 11 nitrogen and oxygen atoms in total. The average molecular weight is 468 g/mol. The van der Waals surface area contributed by atoms with Crippen LogP contribution in [0, 0.1) is 0 Å². The van der Waals surface area contributed by atoms with Gasteiger partial charge in [-0.1, -0.05) is 60.3 Å². The van der Waals surface area contributed by atoms with Crippen molar-refractivity contribution in [3.63, 3.8) is 0 Å². The third kappa shape index (κ3) is 8.54. The second-order valence-electron chi connectivity index (χ2n) is 6.87. The average Bonchev–Trinajstić information content (AvgIpc) is 2.85. The molecule has 2 amide bonds. The number of rotatable bonds is 10. The van der Waals surface area contributed by atoms with E-state index in [9.17, 15) is 24.3 Å². The van der Waals surface area contributed by atoms with Crippen LogP contribution in [0.15, 0.2) is 77.6 Å². The van der Waals surface area contributed by atoms with E-state index >= 15 is 0 Å². The van der Waals surface area contributed by atoms with Crippen molar-refractivity contribution in [3.05, 3.63) is 78.4 Å². The van der Waals surface area contributed by atoms with E-state index in [0.29, 0.717) is 11.3 Å². The number of amides is 2. The molecule has 0 spiro atoms. The standard InChI is InChI=1S/C23H24N4O7/c1-3-13-33-23(32)24-19(21(29)30)14-16-9-11-18(12-10-16)25-26-27(2)20(28)22(31)34-15-17-7-5-4-6-8-17/h3-12,19H,1,13-15H2,2H3,(H,24,32)(H,29,30)/b26-25+/t19-/m0/s1. The van der Waals surface area contributed by atoms with Crippen molar-refractivity contribution in [2.45, 2.75) is 19.1 Å². The lowest BCUT2D eigenvalue weighted by molar-refractivity contribution is -0.160. The van der Waals surface area contributed by atoms with Crippen LogP contribution in [-0.2, 0) is 36.9 Å². The third-order valence-corrected chi connectivity index (χ3v) is 4.27. The number of aliphatic carboxylic acids is 1. The van der Waals surface area contributed by atoms with E-state index in [4.69, 9.17) is 9.47 Å². The van der Waals surface area contributed by atoms with Crippen LogP contribution in [-0.4, -0.2) is 53.8 Å². The zero-order valence-electron chi connectivity index (χ0n) is 18.4. The van der Waals surface area contributed by atoms with Gasteiger partial charge in [0.05, 0.1) is 5.69 Å². The van der Waals surface area contributed by atoms with Gasteiger partial charge in [-0.2, -0.15) is 0 Å². The molecule has 34 heavy (non-hydrogen) atoms. The van der Waals surface area contributed by atoms with E-state index in [1.807, 2.05) is 6.07 Å². The molecule has 0 unspecified atom stereocenters. The van der Waals surface area contributed by atoms with E-state index in [-0.39, 0.29) is 19.6 Å². The largest absolute Gasteiger partial charge is 0.480 e. The molecule has 0 aliphatic carbocycles. The van der Waals surface area contributed by atoms with Gasteiger partial charge in [0.15, 0.2) is 0 Å². The van der Waals surface area contributed by atoms with Gasteiger partial charge in [-0.05, 0) is 23.3 Å². The zero-order valence-corrected chi connectivity index (χ0v) is 18.4. The fourth-order valence-corrected chi connectivity index (χ4v) is 2.53. The van der Waals surface area contributed by atoms with Crippen LogP contribution in [0.2, 0.25) is 0 Å². The Hall–Kier alpha value is -4.54. The maximum absolute atomic E-state index is 12.1. The molecule has 0 aliphatic heterocycles. The zero-order chi connectivity index (χ0) is 24.9. The van der Waals surface area contributed by atoms with Crippen molar-refractivity contribution in [1.29, 1.82) is 0 Å². The molecular weight excluding hydrogens is 444 g/mol. The second kappa shape index (κ2) is 13.1. The number of carboxylic acid groups (broad SMARTS) is 1. The lowest BCUT2D eigenvalue weighted by atomic mass is 10.1. The second-order valence-corrected chi connectivity index (χ2v) is 6.87. The van der Waals surface area contributed by atoms with Gasteiger partial charge in [0.1, 0.15) is 19.3 Å². The molecule has 0 radical (unpaired) electrons. The topological polar surface area (TPSA) is 147 Å².